The molecular formula is C46H70O14. The van der Waals surface area contributed by atoms with Gasteiger partial charge in [-0.1, -0.05) is 45.1 Å². The molecule has 338 valence electrons. The predicted octanol–water partition coefficient (Wildman–Crippen LogP) is 5.78. The lowest BCUT2D eigenvalue weighted by Crippen LogP contribution is -2.60. The van der Waals surface area contributed by atoms with E-state index in [0.29, 0.717) is 62.9 Å². The van der Waals surface area contributed by atoms with E-state index < -0.39 is 77.6 Å². The summed E-state index contributed by atoms with van der Waals surface area (Å²) in [5, 5.41) is 43.2. The van der Waals surface area contributed by atoms with Crippen LogP contribution in [0.25, 0.3) is 0 Å². The van der Waals surface area contributed by atoms with Gasteiger partial charge in [-0.25, -0.2) is 4.79 Å². The first-order valence-corrected chi connectivity index (χ1v) is 22.6. The van der Waals surface area contributed by atoms with Crippen molar-refractivity contribution in [1.29, 1.82) is 0 Å². The van der Waals surface area contributed by atoms with E-state index in [9.17, 15) is 30.0 Å². The molecular weight excluding hydrogens is 776 g/mol. The van der Waals surface area contributed by atoms with Gasteiger partial charge < -0.3 is 58.3 Å². The minimum Gasteiger partial charge on any atom is -0.479 e. The van der Waals surface area contributed by atoms with Gasteiger partial charge in [0.05, 0.1) is 43.2 Å². The molecule has 3 spiro atoms. The minimum atomic E-state index is -2.00. The van der Waals surface area contributed by atoms with Crippen LogP contribution in [0.4, 0.5) is 0 Å². The van der Waals surface area contributed by atoms with Gasteiger partial charge in [0.2, 0.25) is 5.79 Å². The standard InChI is InChI=1S/C46H70O14/c1-26-22-37(59-46(24-26)38(54-31(6)47)15-14-33(57-46)25-43(7,52)42(50)51)27(2)12-13-32-16-19-44(56-32)20-17-36-41(60-44)39(49)30(5)40(55-36)34(48)23-28(3)35-11-8-18-45(58-35)29(4)10-9-21-53-45/h12-13,24,27-29,32-41,48-49,52H,5,8-11,14-23,25H2,1-4,6-7H3,(H,50,51)/b13-12+. The molecule has 0 saturated carbocycles. The largest absolute Gasteiger partial charge is 0.479 e. The summed E-state index contributed by atoms with van der Waals surface area (Å²) in [7, 11) is 0. The minimum absolute atomic E-state index is 0.0338. The van der Waals surface area contributed by atoms with E-state index in [4.69, 9.17) is 37.9 Å². The first kappa shape index (κ1) is 45.8. The Kier molecular flexibility index (Phi) is 13.8. The second kappa shape index (κ2) is 18.1. The van der Waals surface area contributed by atoms with Gasteiger partial charge in [0, 0.05) is 44.4 Å². The van der Waals surface area contributed by atoms with Crippen LogP contribution in [0.15, 0.2) is 36.0 Å². The number of carboxylic acid groups (broad SMARTS) is 1. The van der Waals surface area contributed by atoms with Gasteiger partial charge in [-0.15, -0.1) is 0 Å². The topological polar surface area (TPSA) is 189 Å². The lowest BCUT2D eigenvalue weighted by atomic mass is 9.81. The second-order valence-corrected chi connectivity index (χ2v) is 19.4. The van der Waals surface area contributed by atoms with E-state index in [1.165, 1.54) is 13.8 Å². The van der Waals surface area contributed by atoms with Gasteiger partial charge in [-0.05, 0) is 95.6 Å². The maximum Gasteiger partial charge on any atom is 0.335 e. The van der Waals surface area contributed by atoms with Crippen molar-refractivity contribution >= 4 is 11.9 Å². The van der Waals surface area contributed by atoms with Crippen molar-refractivity contribution in [3.63, 3.8) is 0 Å². The van der Waals surface area contributed by atoms with E-state index >= 15 is 0 Å². The Hall–Kier alpha value is -2.24. The van der Waals surface area contributed by atoms with Crippen molar-refractivity contribution in [3.8, 4) is 0 Å². The fourth-order valence-corrected chi connectivity index (χ4v) is 10.9. The molecule has 6 fully saturated rings. The molecule has 7 rings (SSSR count). The highest BCUT2D eigenvalue weighted by Gasteiger charge is 2.55. The molecule has 0 aromatic rings. The van der Waals surface area contributed by atoms with Crippen LogP contribution in [0.3, 0.4) is 0 Å². The van der Waals surface area contributed by atoms with Gasteiger partial charge in [-0.2, -0.15) is 0 Å². The highest BCUT2D eigenvalue weighted by atomic mass is 16.7. The Labute approximate surface area is 354 Å². The summed E-state index contributed by atoms with van der Waals surface area (Å²) in [6.45, 7) is 15.8. The second-order valence-electron chi connectivity index (χ2n) is 19.4. The van der Waals surface area contributed by atoms with E-state index in [1.807, 2.05) is 26.0 Å². The maximum atomic E-state index is 12.2. The molecule has 17 atom stereocenters. The summed E-state index contributed by atoms with van der Waals surface area (Å²) in [6.07, 6.45) is 9.31. The first-order valence-electron chi connectivity index (χ1n) is 22.6. The maximum absolute atomic E-state index is 12.2. The number of esters is 1. The molecule has 0 aliphatic carbocycles. The molecule has 0 aromatic carbocycles. The third kappa shape index (κ3) is 9.63. The number of rotatable bonds is 11. The number of ether oxygens (including phenoxy) is 8. The molecule has 0 amide bonds. The average Bonchev–Trinajstić information content (AvgIpc) is 3.58. The number of carboxylic acids is 1. The van der Waals surface area contributed by atoms with Crippen LogP contribution >= 0.6 is 0 Å². The van der Waals surface area contributed by atoms with Crippen LogP contribution in [-0.2, 0) is 47.5 Å². The van der Waals surface area contributed by atoms with E-state index in [1.54, 1.807) is 0 Å². The molecule has 17 unspecified atom stereocenters. The van der Waals surface area contributed by atoms with Crippen LogP contribution in [0, 0.1) is 17.8 Å². The monoisotopic (exact) mass is 846 g/mol. The lowest BCUT2D eigenvalue weighted by Gasteiger charge is -2.50. The Morgan fingerprint density at radius 3 is 2.52 bits per heavy atom. The van der Waals surface area contributed by atoms with E-state index in [-0.39, 0.29) is 36.6 Å². The van der Waals surface area contributed by atoms with Gasteiger partial charge in [-0.3, -0.25) is 4.79 Å². The lowest BCUT2D eigenvalue weighted by molar-refractivity contribution is -0.326. The number of aliphatic hydroxyl groups is 3. The number of fused-ring (bicyclic) bond motifs is 1. The molecule has 7 aliphatic heterocycles. The summed E-state index contributed by atoms with van der Waals surface area (Å²) in [5.41, 5.74) is -0.610. The molecule has 0 radical (unpaired) electrons. The summed E-state index contributed by atoms with van der Waals surface area (Å²) < 4.78 is 51.4. The zero-order valence-corrected chi connectivity index (χ0v) is 36.4. The fraction of sp³-hybridized carbons (Fsp3) is 0.826. The van der Waals surface area contributed by atoms with Crippen molar-refractivity contribution in [2.45, 2.75) is 215 Å². The SMILES string of the molecule is C=C1C(O)C2OC3(CCC(/C=C/C(C)C4CC(C)=CC5(OC(CC(C)(O)C(=O)O)CCC5OC(C)=O)O4)O3)CCC2OC1C(O)CC(C)C1CCCC2(OCCCC2C)O1. The zero-order valence-electron chi connectivity index (χ0n) is 36.4. The van der Waals surface area contributed by atoms with Crippen molar-refractivity contribution < 1.29 is 67.9 Å². The highest BCUT2D eigenvalue weighted by Crippen LogP contribution is 2.48. The van der Waals surface area contributed by atoms with E-state index in [2.05, 4.69) is 26.5 Å². The smallest absolute Gasteiger partial charge is 0.335 e. The molecule has 6 saturated heterocycles. The van der Waals surface area contributed by atoms with Gasteiger partial charge in [0.25, 0.3) is 0 Å². The van der Waals surface area contributed by atoms with Crippen LogP contribution in [0.1, 0.15) is 131 Å². The molecule has 7 aliphatic rings. The van der Waals surface area contributed by atoms with Gasteiger partial charge >= 0.3 is 11.9 Å². The average molecular weight is 847 g/mol. The number of aliphatic hydroxyl groups excluding tert-OH is 2. The van der Waals surface area contributed by atoms with Crippen molar-refractivity contribution in [3.05, 3.63) is 36.0 Å². The van der Waals surface area contributed by atoms with Crippen molar-refractivity contribution in [1.82, 2.24) is 0 Å². The third-order valence-electron chi connectivity index (χ3n) is 14.4. The summed E-state index contributed by atoms with van der Waals surface area (Å²) in [4.78, 5) is 23.9. The number of hydrogen-bond donors (Lipinski definition) is 4. The predicted molar refractivity (Wildman–Crippen MR) is 217 cm³/mol. The summed E-state index contributed by atoms with van der Waals surface area (Å²) in [5.74, 6) is -4.42. The zero-order chi connectivity index (χ0) is 43.2. The summed E-state index contributed by atoms with van der Waals surface area (Å²) >= 11 is 0. The third-order valence-corrected chi connectivity index (χ3v) is 14.4. The number of aliphatic carboxylic acids is 1. The molecule has 14 nitrogen and oxygen atoms in total. The first-order chi connectivity index (χ1) is 28.3. The van der Waals surface area contributed by atoms with Crippen molar-refractivity contribution in [2.24, 2.45) is 17.8 Å². The fourth-order valence-electron chi connectivity index (χ4n) is 10.9. The Morgan fingerprint density at radius 2 is 1.78 bits per heavy atom. The molecule has 0 bridgehead atoms. The van der Waals surface area contributed by atoms with Gasteiger partial charge in [0.1, 0.15) is 18.3 Å². The van der Waals surface area contributed by atoms with Crippen LogP contribution in [-0.4, -0.2) is 123 Å². The molecule has 4 N–H and O–H groups in total. The molecule has 14 heteroatoms. The molecule has 0 aromatic heterocycles. The highest BCUT2D eigenvalue weighted by molar-refractivity contribution is 5.76. The van der Waals surface area contributed by atoms with Gasteiger partial charge in [0.15, 0.2) is 23.3 Å². The quantitative estimate of drug-likeness (QED) is 0.145. The van der Waals surface area contributed by atoms with Crippen molar-refractivity contribution in [2.75, 3.05) is 6.61 Å². The van der Waals surface area contributed by atoms with Crippen LogP contribution in [0.5, 0.6) is 0 Å². The summed E-state index contributed by atoms with van der Waals surface area (Å²) in [6, 6.07) is 0. The van der Waals surface area contributed by atoms with Crippen LogP contribution in [0.2, 0.25) is 0 Å². The number of carbonyl (C=O) groups excluding carboxylic acids is 1. The molecule has 7 heterocycles. The van der Waals surface area contributed by atoms with Crippen LogP contribution < -0.4 is 0 Å². The Balaban J connectivity index is 0.936. The normalized spacial score (nSPS) is 43.6. The molecule has 60 heavy (non-hydrogen) atoms. The van der Waals surface area contributed by atoms with E-state index in [0.717, 1.165) is 44.3 Å². The number of carbonyl (C=O) groups is 2. The number of hydrogen-bond acceptors (Lipinski definition) is 13. The Bertz CT molecular complexity index is 1620. The Morgan fingerprint density at radius 1 is 1.02 bits per heavy atom.